The van der Waals surface area contributed by atoms with E-state index in [1.807, 2.05) is 23.9 Å². The van der Waals surface area contributed by atoms with Gasteiger partial charge in [-0.3, -0.25) is 0 Å². The molecule has 1 nitrogen and oxygen atoms in total. The smallest absolute Gasteiger partial charge is 0.128 e. The number of nitrogens with one attached hydrogen (secondary N) is 1. The van der Waals surface area contributed by atoms with Crippen molar-refractivity contribution in [1.29, 1.82) is 0 Å². The van der Waals surface area contributed by atoms with Gasteiger partial charge in [0.2, 0.25) is 0 Å². The van der Waals surface area contributed by atoms with E-state index >= 15 is 0 Å². The first kappa shape index (κ1) is 12.4. The van der Waals surface area contributed by atoms with E-state index in [0.717, 1.165) is 16.6 Å². The van der Waals surface area contributed by atoms with Gasteiger partial charge in [-0.05, 0) is 31.2 Å². The minimum Gasteiger partial charge on any atom is -0.311 e. The van der Waals surface area contributed by atoms with Crippen molar-refractivity contribution in [2.45, 2.75) is 24.1 Å². The van der Waals surface area contributed by atoms with Crippen LogP contribution in [-0.2, 0) is 6.54 Å². The number of hydrogen-bond donors (Lipinski definition) is 1. The van der Waals surface area contributed by atoms with Crippen molar-refractivity contribution in [3.8, 4) is 0 Å². The van der Waals surface area contributed by atoms with Crippen molar-refractivity contribution in [2.75, 3.05) is 12.8 Å². The van der Waals surface area contributed by atoms with Gasteiger partial charge >= 0.3 is 0 Å². The van der Waals surface area contributed by atoms with Gasteiger partial charge in [-0.25, -0.2) is 4.39 Å². The van der Waals surface area contributed by atoms with Crippen molar-refractivity contribution in [3.63, 3.8) is 0 Å². The lowest BCUT2D eigenvalue weighted by Crippen LogP contribution is -2.25. The predicted molar refractivity (Wildman–Crippen MR) is 71.3 cm³/mol. The van der Waals surface area contributed by atoms with Crippen LogP contribution < -0.4 is 5.32 Å². The number of rotatable bonds is 5. The molecule has 0 aliphatic heterocycles. The van der Waals surface area contributed by atoms with E-state index in [1.165, 1.54) is 18.9 Å². The van der Waals surface area contributed by atoms with Gasteiger partial charge < -0.3 is 5.32 Å². The summed E-state index contributed by atoms with van der Waals surface area (Å²) in [4.78, 5) is 0. The summed E-state index contributed by atoms with van der Waals surface area (Å²) in [6, 6.07) is 5.21. The highest BCUT2D eigenvalue weighted by molar-refractivity contribution is 9.10. The first-order valence-electron chi connectivity index (χ1n) is 5.35. The summed E-state index contributed by atoms with van der Waals surface area (Å²) in [5.41, 5.74) is 0.736. The van der Waals surface area contributed by atoms with E-state index in [0.29, 0.717) is 11.3 Å². The lowest BCUT2D eigenvalue weighted by atomic mass is 10.2. The standard InChI is InChI=1S/C12H15BrFNS/c1-16-12(4-5-12)8-15-7-9-2-3-10(13)6-11(9)14/h2-3,6,15H,4-5,7-8H2,1H3. The van der Waals surface area contributed by atoms with E-state index in [4.69, 9.17) is 0 Å². The monoisotopic (exact) mass is 303 g/mol. The molecule has 1 aromatic rings. The zero-order valence-corrected chi connectivity index (χ0v) is 11.6. The molecule has 0 heterocycles. The third-order valence-corrected chi connectivity index (χ3v) is 4.93. The van der Waals surface area contributed by atoms with Gasteiger partial charge in [-0.1, -0.05) is 22.0 Å². The Morgan fingerprint density at radius 2 is 2.25 bits per heavy atom. The fraction of sp³-hybridized carbons (Fsp3) is 0.500. The molecule has 0 atom stereocenters. The molecule has 1 aliphatic carbocycles. The van der Waals surface area contributed by atoms with Gasteiger partial charge in [0, 0.05) is 27.9 Å². The van der Waals surface area contributed by atoms with Gasteiger partial charge in [0.1, 0.15) is 5.82 Å². The van der Waals surface area contributed by atoms with E-state index in [2.05, 4.69) is 27.5 Å². The van der Waals surface area contributed by atoms with Crippen LogP contribution in [0.1, 0.15) is 18.4 Å². The van der Waals surface area contributed by atoms with Gasteiger partial charge in [-0.15, -0.1) is 0 Å². The molecule has 0 aromatic heterocycles. The Labute approximate surface area is 108 Å². The Balaban J connectivity index is 1.85. The maximum atomic E-state index is 13.5. The third kappa shape index (κ3) is 2.99. The van der Waals surface area contributed by atoms with Crippen LogP contribution in [-0.4, -0.2) is 17.5 Å². The SMILES string of the molecule is CSC1(CNCc2ccc(Br)cc2F)CC1. The van der Waals surface area contributed by atoms with Crippen LogP contribution in [0.3, 0.4) is 0 Å². The molecule has 1 aromatic carbocycles. The second-order valence-electron chi connectivity index (χ2n) is 4.23. The average Bonchev–Trinajstić information content (AvgIpc) is 3.02. The summed E-state index contributed by atoms with van der Waals surface area (Å²) in [6.45, 7) is 1.59. The van der Waals surface area contributed by atoms with Crippen LogP contribution in [0, 0.1) is 5.82 Å². The quantitative estimate of drug-likeness (QED) is 0.892. The Bertz CT molecular complexity index is 379. The average molecular weight is 304 g/mol. The minimum atomic E-state index is -0.143. The Morgan fingerprint density at radius 3 is 2.81 bits per heavy atom. The molecule has 1 aliphatic rings. The largest absolute Gasteiger partial charge is 0.311 e. The summed E-state index contributed by atoms with van der Waals surface area (Å²) in [6.07, 6.45) is 4.71. The Hall–Kier alpha value is -0.0600. The molecular formula is C12H15BrFNS. The first-order chi connectivity index (χ1) is 7.65. The summed E-state index contributed by atoms with van der Waals surface area (Å²) in [7, 11) is 0. The highest BCUT2D eigenvalue weighted by Crippen LogP contribution is 2.46. The number of thioether (sulfide) groups is 1. The van der Waals surface area contributed by atoms with Crippen LogP contribution in [0.15, 0.2) is 22.7 Å². The lowest BCUT2D eigenvalue weighted by Gasteiger charge is -2.13. The lowest BCUT2D eigenvalue weighted by molar-refractivity contribution is 0.583. The molecule has 4 heteroatoms. The predicted octanol–water partition coefficient (Wildman–Crippen LogP) is 3.57. The second-order valence-corrected chi connectivity index (χ2v) is 6.42. The van der Waals surface area contributed by atoms with Gasteiger partial charge in [-0.2, -0.15) is 11.8 Å². The fourth-order valence-electron chi connectivity index (χ4n) is 1.68. The van der Waals surface area contributed by atoms with Crippen molar-refractivity contribution in [3.05, 3.63) is 34.1 Å². The van der Waals surface area contributed by atoms with Crippen molar-refractivity contribution < 1.29 is 4.39 Å². The van der Waals surface area contributed by atoms with E-state index in [9.17, 15) is 4.39 Å². The molecule has 0 unspecified atom stereocenters. The second kappa shape index (κ2) is 5.07. The van der Waals surface area contributed by atoms with Gasteiger partial charge in [0.05, 0.1) is 0 Å². The zero-order valence-electron chi connectivity index (χ0n) is 9.22. The maximum Gasteiger partial charge on any atom is 0.128 e. The van der Waals surface area contributed by atoms with Crippen LogP contribution in [0.4, 0.5) is 4.39 Å². The highest BCUT2D eigenvalue weighted by Gasteiger charge is 2.41. The van der Waals surface area contributed by atoms with Crippen molar-refractivity contribution in [1.82, 2.24) is 5.32 Å². The van der Waals surface area contributed by atoms with Crippen molar-refractivity contribution >= 4 is 27.7 Å². The van der Waals surface area contributed by atoms with E-state index in [-0.39, 0.29) is 5.82 Å². The fourth-order valence-corrected chi connectivity index (χ4v) is 2.77. The molecule has 16 heavy (non-hydrogen) atoms. The summed E-state index contributed by atoms with van der Waals surface area (Å²) >= 11 is 5.17. The zero-order chi connectivity index (χ0) is 11.6. The molecule has 2 rings (SSSR count). The molecule has 0 saturated heterocycles. The van der Waals surface area contributed by atoms with Gasteiger partial charge in [0.15, 0.2) is 0 Å². The topological polar surface area (TPSA) is 12.0 Å². The summed E-state index contributed by atoms with van der Waals surface area (Å²) < 4.78 is 14.7. The Morgan fingerprint density at radius 1 is 1.50 bits per heavy atom. The Kier molecular flexibility index (Phi) is 3.93. The molecule has 0 amide bonds. The number of benzene rings is 1. The molecule has 88 valence electrons. The van der Waals surface area contributed by atoms with Gasteiger partial charge in [0.25, 0.3) is 0 Å². The van der Waals surface area contributed by atoms with E-state index in [1.54, 1.807) is 0 Å². The van der Waals surface area contributed by atoms with E-state index < -0.39 is 0 Å². The normalized spacial score (nSPS) is 17.4. The third-order valence-electron chi connectivity index (χ3n) is 3.02. The molecular weight excluding hydrogens is 289 g/mol. The molecule has 0 radical (unpaired) electrons. The highest BCUT2D eigenvalue weighted by atomic mass is 79.9. The first-order valence-corrected chi connectivity index (χ1v) is 7.37. The molecule has 1 fully saturated rings. The van der Waals surface area contributed by atoms with Crippen LogP contribution in [0.5, 0.6) is 0 Å². The molecule has 0 spiro atoms. The van der Waals surface area contributed by atoms with Crippen LogP contribution in [0.25, 0.3) is 0 Å². The maximum absolute atomic E-state index is 13.5. The number of hydrogen-bond acceptors (Lipinski definition) is 2. The molecule has 0 bridgehead atoms. The molecule has 1 saturated carbocycles. The molecule has 1 N–H and O–H groups in total. The minimum absolute atomic E-state index is 0.143. The van der Waals surface area contributed by atoms with Crippen molar-refractivity contribution in [2.24, 2.45) is 0 Å². The van der Waals surface area contributed by atoms with Crippen LogP contribution >= 0.6 is 27.7 Å². The summed E-state index contributed by atoms with van der Waals surface area (Å²) in [5, 5.41) is 3.34. The number of halogens is 2. The summed E-state index contributed by atoms with van der Waals surface area (Å²) in [5.74, 6) is -0.143. The van der Waals surface area contributed by atoms with Crippen LogP contribution in [0.2, 0.25) is 0 Å².